The normalized spacial score (nSPS) is 12.9. The Kier molecular flexibility index (Phi) is 2.56. The molecule has 13 heavy (non-hydrogen) atoms. The van der Waals surface area contributed by atoms with Crippen LogP contribution in [-0.2, 0) is 4.79 Å². The standard InChI is InChI=1S/C7H8ClFN2O2/c1-3-5(8)4(2)11(10-3)6(9)7(12)13/h6H,1-2H3,(H,12,13). The highest BCUT2D eigenvalue weighted by Crippen LogP contribution is 2.22. The van der Waals surface area contributed by atoms with Crippen molar-refractivity contribution < 1.29 is 14.3 Å². The smallest absolute Gasteiger partial charge is 0.361 e. The van der Waals surface area contributed by atoms with Crippen LogP contribution in [0.3, 0.4) is 0 Å². The molecule has 1 aromatic rings. The molecule has 4 nitrogen and oxygen atoms in total. The highest BCUT2D eigenvalue weighted by molar-refractivity contribution is 6.31. The van der Waals surface area contributed by atoms with Crippen LogP contribution < -0.4 is 0 Å². The van der Waals surface area contributed by atoms with Gasteiger partial charge in [-0.2, -0.15) is 5.10 Å². The number of alkyl halides is 1. The molecule has 1 rings (SSSR count). The fourth-order valence-corrected chi connectivity index (χ4v) is 1.09. The van der Waals surface area contributed by atoms with Crippen molar-refractivity contribution in [2.24, 2.45) is 0 Å². The van der Waals surface area contributed by atoms with E-state index in [1.807, 2.05) is 0 Å². The minimum atomic E-state index is -2.17. The van der Waals surface area contributed by atoms with Crippen LogP contribution in [0.2, 0.25) is 5.02 Å². The Morgan fingerprint density at radius 3 is 2.54 bits per heavy atom. The van der Waals surface area contributed by atoms with Gasteiger partial charge in [0.1, 0.15) is 0 Å². The van der Waals surface area contributed by atoms with Gasteiger partial charge in [-0.05, 0) is 13.8 Å². The molecule has 0 saturated heterocycles. The lowest BCUT2D eigenvalue weighted by Gasteiger charge is -2.04. The summed E-state index contributed by atoms with van der Waals surface area (Å²) in [6.45, 7) is 3.10. The SMILES string of the molecule is Cc1nn(C(F)C(=O)O)c(C)c1Cl. The molecular formula is C7H8ClFN2O2. The van der Waals surface area contributed by atoms with E-state index in [2.05, 4.69) is 5.10 Å². The van der Waals surface area contributed by atoms with Crippen LogP contribution in [0, 0.1) is 13.8 Å². The topological polar surface area (TPSA) is 55.1 Å². The first kappa shape index (κ1) is 9.98. The number of aliphatic carboxylic acids is 1. The van der Waals surface area contributed by atoms with Crippen LogP contribution in [-0.4, -0.2) is 20.9 Å². The fourth-order valence-electron chi connectivity index (χ4n) is 0.968. The molecule has 0 spiro atoms. The molecule has 6 heteroatoms. The summed E-state index contributed by atoms with van der Waals surface area (Å²) in [4.78, 5) is 10.3. The second-order valence-corrected chi connectivity index (χ2v) is 2.98. The fraction of sp³-hybridized carbons (Fsp3) is 0.429. The third-order valence-electron chi connectivity index (χ3n) is 1.66. The summed E-state index contributed by atoms with van der Waals surface area (Å²) in [5, 5.41) is 12.3. The van der Waals surface area contributed by atoms with Crippen molar-refractivity contribution in [3.63, 3.8) is 0 Å². The Bertz CT molecular complexity index is 351. The highest BCUT2D eigenvalue weighted by atomic mass is 35.5. The monoisotopic (exact) mass is 206 g/mol. The Morgan fingerprint density at radius 2 is 2.23 bits per heavy atom. The van der Waals surface area contributed by atoms with E-state index in [0.29, 0.717) is 16.4 Å². The molecule has 0 aliphatic carbocycles. The third-order valence-corrected chi connectivity index (χ3v) is 2.20. The lowest BCUT2D eigenvalue weighted by molar-refractivity contribution is -0.147. The quantitative estimate of drug-likeness (QED) is 0.802. The number of carboxylic acid groups (broad SMARTS) is 1. The molecule has 0 aliphatic rings. The highest BCUT2D eigenvalue weighted by Gasteiger charge is 2.22. The van der Waals surface area contributed by atoms with Gasteiger partial charge in [0, 0.05) is 0 Å². The lowest BCUT2D eigenvalue weighted by atomic mass is 10.4. The van der Waals surface area contributed by atoms with Crippen LogP contribution >= 0.6 is 11.6 Å². The van der Waals surface area contributed by atoms with E-state index in [9.17, 15) is 9.18 Å². The number of hydrogen-bond donors (Lipinski definition) is 1. The number of nitrogens with zero attached hydrogens (tertiary/aromatic N) is 2. The Labute approximate surface area is 78.9 Å². The van der Waals surface area contributed by atoms with Gasteiger partial charge in [0.05, 0.1) is 16.4 Å². The van der Waals surface area contributed by atoms with Crippen LogP contribution in [0.5, 0.6) is 0 Å². The van der Waals surface area contributed by atoms with E-state index >= 15 is 0 Å². The van der Waals surface area contributed by atoms with Crippen molar-refractivity contribution in [3.8, 4) is 0 Å². The second-order valence-electron chi connectivity index (χ2n) is 2.60. The molecule has 1 unspecified atom stereocenters. The van der Waals surface area contributed by atoms with Crippen molar-refractivity contribution in [1.29, 1.82) is 0 Å². The summed E-state index contributed by atoms with van der Waals surface area (Å²) in [5.74, 6) is -1.58. The van der Waals surface area contributed by atoms with Crippen LogP contribution in [0.25, 0.3) is 0 Å². The van der Waals surface area contributed by atoms with Gasteiger partial charge in [0.2, 0.25) is 0 Å². The summed E-state index contributed by atoms with van der Waals surface area (Å²) < 4.78 is 13.7. The zero-order valence-corrected chi connectivity index (χ0v) is 7.84. The number of hydrogen-bond acceptors (Lipinski definition) is 2. The van der Waals surface area contributed by atoms with E-state index in [4.69, 9.17) is 16.7 Å². The van der Waals surface area contributed by atoms with Gasteiger partial charge in [-0.1, -0.05) is 11.6 Å². The van der Waals surface area contributed by atoms with Crippen LogP contribution in [0.1, 0.15) is 17.7 Å². The number of carbonyl (C=O) groups is 1. The number of carboxylic acids is 1. The Morgan fingerprint density at radius 1 is 1.69 bits per heavy atom. The number of aryl methyl sites for hydroxylation is 1. The first-order valence-corrected chi connectivity index (χ1v) is 3.91. The summed E-state index contributed by atoms with van der Waals surface area (Å²) in [6, 6.07) is 0. The molecule has 0 amide bonds. The number of rotatable bonds is 2. The third kappa shape index (κ3) is 1.65. The first-order chi connectivity index (χ1) is 5.95. The maximum atomic E-state index is 13.0. The molecule has 1 atom stereocenters. The summed E-state index contributed by atoms with van der Waals surface area (Å²) in [7, 11) is 0. The van der Waals surface area contributed by atoms with Gasteiger partial charge >= 0.3 is 5.97 Å². The van der Waals surface area contributed by atoms with Gasteiger partial charge in [-0.15, -0.1) is 0 Å². The van der Waals surface area contributed by atoms with E-state index in [1.54, 1.807) is 6.92 Å². The predicted molar refractivity (Wildman–Crippen MR) is 44.5 cm³/mol. The van der Waals surface area contributed by atoms with Gasteiger partial charge in [-0.3, -0.25) is 0 Å². The zero-order valence-electron chi connectivity index (χ0n) is 7.08. The minimum absolute atomic E-state index is 0.295. The average molecular weight is 207 g/mol. The molecule has 1 aromatic heterocycles. The van der Waals surface area contributed by atoms with Crippen molar-refractivity contribution >= 4 is 17.6 Å². The molecule has 0 fully saturated rings. The minimum Gasteiger partial charge on any atom is -0.478 e. The summed E-state index contributed by atoms with van der Waals surface area (Å²) in [5.41, 5.74) is 0.733. The lowest BCUT2D eigenvalue weighted by Crippen LogP contribution is -2.16. The molecule has 1 N–H and O–H groups in total. The molecule has 1 heterocycles. The van der Waals surface area contributed by atoms with E-state index < -0.39 is 12.3 Å². The van der Waals surface area contributed by atoms with E-state index in [0.717, 1.165) is 4.68 Å². The van der Waals surface area contributed by atoms with Gasteiger partial charge in [0.15, 0.2) is 0 Å². The largest absolute Gasteiger partial charge is 0.478 e. The Hall–Kier alpha value is -1.10. The molecule has 0 radical (unpaired) electrons. The average Bonchev–Trinajstić information content (AvgIpc) is 2.31. The van der Waals surface area contributed by atoms with Crippen molar-refractivity contribution in [2.75, 3.05) is 0 Å². The zero-order chi connectivity index (χ0) is 10.2. The van der Waals surface area contributed by atoms with Crippen LogP contribution in [0.15, 0.2) is 0 Å². The van der Waals surface area contributed by atoms with Gasteiger partial charge in [-0.25, -0.2) is 13.9 Å². The molecular weight excluding hydrogens is 199 g/mol. The van der Waals surface area contributed by atoms with Gasteiger partial charge in [0.25, 0.3) is 6.30 Å². The molecule has 0 bridgehead atoms. The molecule has 0 aliphatic heterocycles. The summed E-state index contributed by atoms with van der Waals surface area (Å²) >= 11 is 5.70. The maximum Gasteiger partial charge on any atom is 0.361 e. The molecule has 0 aromatic carbocycles. The summed E-state index contributed by atoms with van der Waals surface area (Å²) in [6.07, 6.45) is -2.17. The molecule has 72 valence electrons. The maximum absolute atomic E-state index is 13.0. The first-order valence-electron chi connectivity index (χ1n) is 3.53. The number of aromatic nitrogens is 2. The van der Waals surface area contributed by atoms with E-state index in [1.165, 1.54) is 6.92 Å². The number of halogens is 2. The van der Waals surface area contributed by atoms with Crippen molar-refractivity contribution in [3.05, 3.63) is 16.4 Å². The van der Waals surface area contributed by atoms with Crippen LogP contribution in [0.4, 0.5) is 4.39 Å². The molecule has 0 saturated carbocycles. The van der Waals surface area contributed by atoms with E-state index in [-0.39, 0.29) is 0 Å². The predicted octanol–water partition coefficient (Wildman–Crippen LogP) is 1.71. The van der Waals surface area contributed by atoms with Crippen molar-refractivity contribution in [1.82, 2.24) is 9.78 Å². The second kappa shape index (κ2) is 3.33. The van der Waals surface area contributed by atoms with Gasteiger partial charge < -0.3 is 5.11 Å². The van der Waals surface area contributed by atoms with Crippen molar-refractivity contribution in [2.45, 2.75) is 20.1 Å². The Balaban J connectivity index is 3.15.